The minimum absolute atomic E-state index is 0.167. The highest BCUT2D eigenvalue weighted by atomic mass is 19.1. The summed E-state index contributed by atoms with van der Waals surface area (Å²) in [5, 5.41) is 8.49. The maximum atomic E-state index is 15.1. The smallest absolute Gasteiger partial charge is 0.226 e. The van der Waals surface area contributed by atoms with Crippen LogP contribution in [0.25, 0.3) is 22.3 Å². The number of ether oxygens (including phenoxy) is 1. The summed E-state index contributed by atoms with van der Waals surface area (Å²) in [6.45, 7) is 1.50. The molecule has 0 bridgehead atoms. The van der Waals surface area contributed by atoms with Crippen molar-refractivity contribution in [2.75, 3.05) is 13.2 Å². The average Bonchev–Trinajstić information content (AvgIpc) is 3.57. The van der Waals surface area contributed by atoms with E-state index in [2.05, 4.69) is 27.4 Å². The van der Waals surface area contributed by atoms with Crippen LogP contribution in [0.4, 0.5) is 8.78 Å². The van der Waals surface area contributed by atoms with Crippen LogP contribution >= 0.6 is 0 Å². The monoisotopic (exact) mass is 686 g/mol. The molecule has 2 atom stereocenters. The lowest BCUT2D eigenvalue weighted by Gasteiger charge is -2.18. The van der Waals surface area contributed by atoms with Crippen molar-refractivity contribution in [3.8, 4) is 22.3 Å². The molecular formula is C42H40F2N4O3. The predicted octanol–water partition coefficient (Wildman–Crippen LogP) is 9.58. The average molecular weight is 687 g/mol. The minimum atomic E-state index is -0.232. The molecule has 0 N–H and O–H groups in total. The topological polar surface area (TPSA) is 87.1 Å². The molecule has 1 aliphatic heterocycles. The van der Waals surface area contributed by atoms with E-state index in [4.69, 9.17) is 18.8 Å². The zero-order chi connectivity index (χ0) is 34.6. The summed E-state index contributed by atoms with van der Waals surface area (Å²) in [5.41, 5.74) is 6.39. The Kier molecular flexibility index (Phi) is 9.79. The zero-order valence-electron chi connectivity index (χ0n) is 28.4. The Hall–Kier alpha value is -5.02. The molecule has 7 nitrogen and oxygen atoms in total. The van der Waals surface area contributed by atoms with Gasteiger partial charge in [-0.1, -0.05) is 83.1 Å². The van der Waals surface area contributed by atoms with Crippen molar-refractivity contribution >= 4 is 0 Å². The lowest BCUT2D eigenvalue weighted by molar-refractivity contribution is 0.0830. The maximum absolute atomic E-state index is 15.1. The lowest BCUT2D eigenvalue weighted by atomic mass is 9.98. The van der Waals surface area contributed by atoms with E-state index in [0.717, 1.165) is 92.9 Å². The Balaban J connectivity index is 0.820. The molecule has 2 unspecified atom stereocenters. The third-order valence-corrected chi connectivity index (χ3v) is 10.2. The second-order valence-electron chi connectivity index (χ2n) is 13.7. The first-order valence-corrected chi connectivity index (χ1v) is 18.0. The number of rotatable bonds is 13. The van der Waals surface area contributed by atoms with Gasteiger partial charge in [-0.25, -0.2) is 8.78 Å². The Morgan fingerprint density at radius 1 is 0.588 bits per heavy atom. The highest BCUT2D eigenvalue weighted by Crippen LogP contribution is 2.54. The third kappa shape index (κ3) is 7.84. The highest BCUT2D eigenvalue weighted by molar-refractivity contribution is 5.66. The lowest BCUT2D eigenvalue weighted by Crippen LogP contribution is -2.15. The first kappa shape index (κ1) is 33.1. The Labute approximate surface area is 296 Å². The number of halogens is 2. The molecule has 0 spiro atoms. The second-order valence-corrected chi connectivity index (χ2v) is 13.7. The summed E-state index contributed by atoms with van der Waals surface area (Å²) in [4.78, 5) is 9.32. The Bertz CT molecular complexity index is 2070. The summed E-state index contributed by atoms with van der Waals surface area (Å²) >= 11 is 0. The van der Waals surface area contributed by atoms with Crippen molar-refractivity contribution < 1.29 is 22.6 Å². The summed E-state index contributed by atoms with van der Waals surface area (Å²) < 4.78 is 45.7. The van der Waals surface area contributed by atoms with E-state index in [1.807, 2.05) is 54.6 Å². The standard InChI is InChI=1S/C42H40F2N4O3/c43-37-8-2-1-7-33(37)29-15-11-27(12-16-29)6-4-10-40-46-42(48-51-40)36-26-34(36)32-19-20-38(44)35(25-32)30-17-13-28(14-18-30)5-3-9-39-45-41(47-50-39)31-21-23-49-24-22-31/h1-2,7-8,11-20,25,31,34,36H,3-6,9-10,21-24,26H2. The van der Waals surface area contributed by atoms with Crippen molar-refractivity contribution in [2.45, 2.75) is 75.5 Å². The first-order chi connectivity index (χ1) is 25.1. The minimum Gasteiger partial charge on any atom is -0.381 e. The van der Waals surface area contributed by atoms with E-state index in [1.165, 1.54) is 17.2 Å². The van der Waals surface area contributed by atoms with Gasteiger partial charge in [0.2, 0.25) is 11.8 Å². The fourth-order valence-electron chi connectivity index (χ4n) is 7.14. The van der Waals surface area contributed by atoms with Gasteiger partial charge in [0.1, 0.15) is 11.6 Å². The summed E-state index contributed by atoms with van der Waals surface area (Å²) in [5.74, 6) is 3.12. The summed E-state index contributed by atoms with van der Waals surface area (Å²) in [6, 6.07) is 28.4. The molecule has 2 fully saturated rings. The van der Waals surface area contributed by atoms with Gasteiger partial charge in [0.15, 0.2) is 11.6 Å². The number of benzene rings is 4. The summed E-state index contributed by atoms with van der Waals surface area (Å²) in [7, 11) is 0. The Morgan fingerprint density at radius 2 is 1.18 bits per heavy atom. The summed E-state index contributed by atoms with van der Waals surface area (Å²) in [6.07, 6.45) is 7.70. The van der Waals surface area contributed by atoms with Gasteiger partial charge in [-0.15, -0.1) is 0 Å². The van der Waals surface area contributed by atoms with Crippen LogP contribution in [-0.4, -0.2) is 33.5 Å². The van der Waals surface area contributed by atoms with Gasteiger partial charge < -0.3 is 13.8 Å². The molecule has 6 aromatic rings. The number of hydrogen-bond donors (Lipinski definition) is 0. The van der Waals surface area contributed by atoms with Gasteiger partial charge in [0, 0.05) is 49.0 Å². The van der Waals surface area contributed by atoms with Gasteiger partial charge in [0.25, 0.3) is 0 Å². The SMILES string of the molecule is Fc1ccccc1-c1ccc(CCCc2nc(C3CC3c3ccc(F)c(-c4ccc(CCCc5nc(C6CCOCC6)no5)cc4)c3)no2)cc1. The van der Waals surface area contributed by atoms with Crippen molar-refractivity contribution in [1.29, 1.82) is 0 Å². The van der Waals surface area contributed by atoms with Gasteiger partial charge in [-0.3, -0.25) is 0 Å². The molecule has 1 saturated heterocycles. The van der Waals surface area contributed by atoms with Crippen LogP contribution in [-0.2, 0) is 30.4 Å². The molecule has 9 heteroatoms. The zero-order valence-corrected chi connectivity index (χ0v) is 28.4. The van der Waals surface area contributed by atoms with Gasteiger partial charge in [-0.05, 0) is 96.9 Å². The molecule has 8 rings (SSSR count). The van der Waals surface area contributed by atoms with Crippen LogP contribution in [0.2, 0.25) is 0 Å². The van der Waals surface area contributed by atoms with E-state index in [0.29, 0.717) is 35.2 Å². The van der Waals surface area contributed by atoms with Gasteiger partial charge in [0.05, 0.1) is 0 Å². The molecule has 1 saturated carbocycles. The van der Waals surface area contributed by atoms with Crippen LogP contribution in [0, 0.1) is 11.6 Å². The van der Waals surface area contributed by atoms with Crippen LogP contribution in [0.1, 0.15) is 90.0 Å². The van der Waals surface area contributed by atoms with Gasteiger partial charge >= 0.3 is 0 Å². The van der Waals surface area contributed by atoms with Crippen LogP contribution in [0.15, 0.2) is 100 Å². The molecule has 4 aromatic carbocycles. The first-order valence-electron chi connectivity index (χ1n) is 18.0. The van der Waals surface area contributed by atoms with E-state index >= 15 is 4.39 Å². The second kappa shape index (κ2) is 15.1. The third-order valence-electron chi connectivity index (χ3n) is 10.2. The van der Waals surface area contributed by atoms with Crippen molar-refractivity contribution in [3.63, 3.8) is 0 Å². The van der Waals surface area contributed by atoms with Crippen LogP contribution < -0.4 is 0 Å². The van der Waals surface area contributed by atoms with E-state index in [-0.39, 0.29) is 23.5 Å². The molecule has 0 radical (unpaired) electrons. The fourth-order valence-corrected chi connectivity index (χ4v) is 7.14. The van der Waals surface area contributed by atoms with E-state index in [1.54, 1.807) is 18.2 Å². The number of nitrogens with zero attached hydrogens (tertiary/aromatic N) is 4. The normalized spacial score (nSPS) is 17.5. The number of hydrogen-bond acceptors (Lipinski definition) is 7. The van der Waals surface area contributed by atoms with Crippen molar-refractivity contribution in [2.24, 2.45) is 0 Å². The molecule has 260 valence electrons. The van der Waals surface area contributed by atoms with Crippen molar-refractivity contribution in [1.82, 2.24) is 20.3 Å². The van der Waals surface area contributed by atoms with Crippen LogP contribution in [0.3, 0.4) is 0 Å². The quantitative estimate of drug-likeness (QED) is 0.120. The molecule has 51 heavy (non-hydrogen) atoms. The fraction of sp³-hybridized carbons (Fsp3) is 0.333. The Morgan fingerprint density at radius 3 is 1.84 bits per heavy atom. The molecule has 3 heterocycles. The molecule has 1 aliphatic carbocycles. The predicted molar refractivity (Wildman–Crippen MR) is 189 cm³/mol. The van der Waals surface area contributed by atoms with E-state index < -0.39 is 0 Å². The molecule has 2 aliphatic rings. The number of aryl methyl sites for hydroxylation is 4. The largest absolute Gasteiger partial charge is 0.381 e. The van der Waals surface area contributed by atoms with Crippen molar-refractivity contribution in [3.05, 3.63) is 143 Å². The molecule has 0 amide bonds. The highest BCUT2D eigenvalue weighted by Gasteiger charge is 2.43. The molecular weight excluding hydrogens is 646 g/mol. The maximum Gasteiger partial charge on any atom is 0.226 e. The van der Waals surface area contributed by atoms with Gasteiger partial charge in [-0.2, -0.15) is 9.97 Å². The molecule has 2 aromatic heterocycles. The van der Waals surface area contributed by atoms with E-state index in [9.17, 15) is 4.39 Å². The van der Waals surface area contributed by atoms with Crippen LogP contribution in [0.5, 0.6) is 0 Å². The number of aromatic nitrogens is 4.